The van der Waals surface area contributed by atoms with Gasteiger partial charge in [-0.3, -0.25) is 0 Å². The SMILES string of the molecule is CCn1c2ccccc2c2cc(C=Cc3ccc(B(O)O)cc3)ccc21. The number of nitrogens with zero attached hydrogens (tertiary/aromatic N) is 1. The van der Waals surface area contributed by atoms with Crippen molar-refractivity contribution >= 4 is 46.5 Å². The lowest BCUT2D eigenvalue weighted by Gasteiger charge is -2.03. The highest BCUT2D eigenvalue weighted by Gasteiger charge is 2.10. The average molecular weight is 341 g/mol. The summed E-state index contributed by atoms with van der Waals surface area (Å²) >= 11 is 0. The van der Waals surface area contributed by atoms with E-state index in [2.05, 4.69) is 60.0 Å². The van der Waals surface area contributed by atoms with Crippen molar-refractivity contribution in [2.75, 3.05) is 0 Å². The Kier molecular flexibility index (Phi) is 4.37. The van der Waals surface area contributed by atoms with Crippen LogP contribution in [0.1, 0.15) is 18.1 Å². The van der Waals surface area contributed by atoms with E-state index < -0.39 is 7.12 Å². The molecule has 2 N–H and O–H groups in total. The quantitative estimate of drug-likeness (QED) is 0.439. The third-order valence-electron chi connectivity index (χ3n) is 4.82. The highest BCUT2D eigenvalue weighted by Crippen LogP contribution is 2.30. The van der Waals surface area contributed by atoms with Gasteiger partial charge in [0.2, 0.25) is 0 Å². The van der Waals surface area contributed by atoms with Gasteiger partial charge < -0.3 is 14.6 Å². The molecule has 0 fully saturated rings. The third-order valence-corrected chi connectivity index (χ3v) is 4.82. The second-order valence-electron chi connectivity index (χ2n) is 6.41. The standard InChI is InChI=1S/C22H20BNO2/c1-2-24-21-6-4-3-5-19(21)20-15-17(11-14-22(20)24)8-7-16-9-12-18(13-10-16)23(25)26/h3-15,25-26H,2H2,1H3. The van der Waals surface area contributed by atoms with Crippen LogP contribution in [0.25, 0.3) is 34.0 Å². The molecule has 0 saturated carbocycles. The minimum Gasteiger partial charge on any atom is -0.423 e. The zero-order valence-corrected chi connectivity index (χ0v) is 14.6. The number of benzene rings is 3. The van der Waals surface area contributed by atoms with Crippen molar-refractivity contribution in [3.63, 3.8) is 0 Å². The molecule has 1 heterocycles. The van der Waals surface area contributed by atoms with Crippen molar-refractivity contribution in [1.82, 2.24) is 4.57 Å². The molecule has 0 aliphatic carbocycles. The second kappa shape index (κ2) is 6.83. The highest BCUT2D eigenvalue weighted by molar-refractivity contribution is 6.58. The molecular formula is C22H20BNO2. The summed E-state index contributed by atoms with van der Waals surface area (Å²) in [6.07, 6.45) is 4.12. The smallest absolute Gasteiger partial charge is 0.423 e. The zero-order valence-electron chi connectivity index (χ0n) is 14.6. The van der Waals surface area contributed by atoms with E-state index in [1.807, 2.05) is 18.2 Å². The van der Waals surface area contributed by atoms with Crippen molar-refractivity contribution in [3.8, 4) is 0 Å². The largest absolute Gasteiger partial charge is 0.488 e. The monoisotopic (exact) mass is 341 g/mol. The molecule has 4 heteroatoms. The van der Waals surface area contributed by atoms with Gasteiger partial charge in [-0.05, 0) is 41.7 Å². The zero-order chi connectivity index (χ0) is 18.1. The number of rotatable bonds is 4. The van der Waals surface area contributed by atoms with Crippen LogP contribution >= 0.6 is 0 Å². The topological polar surface area (TPSA) is 45.4 Å². The molecule has 0 unspecified atom stereocenters. The predicted molar refractivity (Wildman–Crippen MR) is 110 cm³/mol. The summed E-state index contributed by atoms with van der Waals surface area (Å²) in [5.74, 6) is 0. The number of aryl methyl sites for hydroxylation is 1. The van der Waals surface area contributed by atoms with E-state index in [1.165, 1.54) is 21.8 Å². The molecule has 0 aliphatic rings. The summed E-state index contributed by atoms with van der Waals surface area (Å²) in [5, 5.41) is 20.9. The molecule has 0 bridgehead atoms. The summed E-state index contributed by atoms with van der Waals surface area (Å²) < 4.78 is 2.34. The maximum absolute atomic E-state index is 9.17. The van der Waals surface area contributed by atoms with Crippen LogP contribution < -0.4 is 5.46 Å². The first-order chi connectivity index (χ1) is 12.7. The van der Waals surface area contributed by atoms with Gasteiger partial charge in [0.15, 0.2) is 0 Å². The van der Waals surface area contributed by atoms with Gasteiger partial charge >= 0.3 is 7.12 Å². The van der Waals surface area contributed by atoms with Crippen LogP contribution in [0.15, 0.2) is 66.7 Å². The van der Waals surface area contributed by atoms with E-state index in [-0.39, 0.29) is 0 Å². The molecule has 1 aromatic heterocycles. The normalized spacial score (nSPS) is 11.7. The number of para-hydroxylation sites is 1. The van der Waals surface area contributed by atoms with Gasteiger partial charge in [-0.25, -0.2) is 0 Å². The van der Waals surface area contributed by atoms with Gasteiger partial charge in [0.05, 0.1) is 0 Å². The Balaban J connectivity index is 1.72. The summed E-state index contributed by atoms with van der Waals surface area (Å²) in [5.41, 5.74) is 5.18. The Morgan fingerprint density at radius 2 is 1.46 bits per heavy atom. The van der Waals surface area contributed by atoms with Gasteiger partial charge in [0.1, 0.15) is 0 Å². The van der Waals surface area contributed by atoms with Crippen molar-refractivity contribution in [2.45, 2.75) is 13.5 Å². The van der Waals surface area contributed by atoms with E-state index in [0.717, 1.165) is 17.7 Å². The van der Waals surface area contributed by atoms with Crippen LogP contribution in [0.4, 0.5) is 0 Å². The Bertz CT molecular complexity index is 1090. The minimum atomic E-state index is -1.42. The molecule has 0 radical (unpaired) electrons. The van der Waals surface area contributed by atoms with Crippen molar-refractivity contribution < 1.29 is 10.0 Å². The maximum Gasteiger partial charge on any atom is 0.488 e. The lowest BCUT2D eigenvalue weighted by atomic mass is 9.80. The van der Waals surface area contributed by atoms with Crippen LogP contribution in [-0.4, -0.2) is 21.7 Å². The Hall–Kier alpha value is -2.82. The first-order valence-electron chi connectivity index (χ1n) is 8.82. The fraction of sp³-hybridized carbons (Fsp3) is 0.0909. The predicted octanol–water partition coefficient (Wildman–Crippen LogP) is 3.66. The van der Waals surface area contributed by atoms with Crippen molar-refractivity contribution in [3.05, 3.63) is 77.9 Å². The van der Waals surface area contributed by atoms with Crippen molar-refractivity contribution in [2.24, 2.45) is 0 Å². The van der Waals surface area contributed by atoms with Crippen LogP contribution in [-0.2, 0) is 6.54 Å². The molecule has 0 spiro atoms. The molecule has 4 rings (SSSR count). The maximum atomic E-state index is 9.17. The highest BCUT2D eigenvalue weighted by atomic mass is 16.4. The van der Waals surface area contributed by atoms with E-state index >= 15 is 0 Å². The van der Waals surface area contributed by atoms with Crippen LogP contribution in [0, 0.1) is 0 Å². The first-order valence-corrected chi connectivity index (χ1v) is 8.82. The van der Waals surface area contributed by atoms with Crippen molar-refractivity contribution in [1.29, 1.82) is 0 Å². The van der Waals surface area contributed by atoms with E-state index in [1.54, 1.807) is 12.1 Å². The number of fused-ring (bicyclic) bond motifs is 3. The lowest BCUT2D eigenvalue weighted by molar-refractivity contribution is 0.426. The van der Waals surface area contributed by atoms with Gasteiger partial charge in [-0.2, -0.15) is 0 Å². The second-order valence-corrected chi connectivity index (χ2v) is 6.41. The van der Waals surface area contributed by atoms with E-state index in [9.17, 15) is 0 Å². The van der Waals surface area contributed by atoms with Crippen LogP contribution in [0.2, 0.25) is 0 Å². The molecule has 3 aromatic carbocycles. The number of aromatic nitrogens is 1. The van der Waals surface area contributed by atoms with Gasteiger partial charge in [0, 0.05) is 28.4 Å². The summed E-state index contributed by atoms with van der Waals surface area (Å²) in [4.78, 5) is 0. The molecule has 4 aromatic rings. The molecule has 128 valence electrons. The molecule has 0 saturated heterocycles. The fourth-order valence-corrected chi connectivity index (χ4v) is 3.49. The number of hydrogen-bond donors (Lipinski definition) is 2. The molecule has 26 heavy (non-hydrogen) atoms. The van der Waals surface area contributed by atoms with Gasteiger partial charge in [-0.1, -0.05) is 60.7 Å². The first kappa shape index (κ1) is 16.6. The molecular weight excluding hydrogens is 321 g/mol. The summed E-state index contributed by atoms with van der Waals surface area (Å²) in [6, 6.07) is 22.3. The third kappa shape index (κ3) is 2.94. The molecule has 3 nitrogen and oxygen atoms in total. The van der Waals surface area contributed by atoms with E-state index in [0.29, 0.717) is 5.46 Å². The molecule has 0 amide bonds. The minimum absolute atomic E-state index is 0.496. The lowest BCUT2D eigenvalue weighted by Crippen LogP contribution is -2.29. The van der Waals surface area contributed by atoms with E-state index in [4.69, 9.17) is 10.0 Å². The average Bonchev–Trinajstić information content (AvgIpc) is 2.99. The molecule has 0 aliphatic heterocycles. The molecule has 0 atom stereocenters. The number of hydrogen-bond acceptors (Lipinski definition) is 2. The van der Waals surface area contributed by atoms with Gasteiger partial charge in [-0.15, -0.1) is 0 Å². The van der Waals surface area contributed by atoms with Crippen LogP contribution in [0.5, 0.6) is 0 Å². The Morgan fingerprint density at radius 1 is 0.808 bits per heavy atom. The Labute approximate surface area is 153 Å². The summed E-state index contributed by atoms with van der Waals surface area (Å²) in [6.45, 7) is 3.12. The Morgan fingerprint density at radius 3 is 2.19 bits per heavy atom. The fourth-order valence-electron chi connectivity index (χ4n) is 3.49. The summed E-state index contributed by atoms with van der Waals surface area (Å²) in [7, 11) is -1.42. The van der Waals surface area contributed by atoms with Crippen LogP contribution in [0.3, 0.4) is 0 Å². The van der Waals surface area contributed by atoms with Gasteiger partial charge in [0.25, 0.3) is 0 Å².